The van der Waals surface area contributed by atoms with Gasteiger partial charge in [-0.2, -0.15) is 0 Å². The molecule has 0 aromatic heterocycles. The molecule has 0 saturated heterocycles. The maximum Gasteiger partial charge on any atom is 0.345 e. The first-order valence-corrected chi connectivity index (χ1v) is 11.8. The topological polar surface area (TPSA) is 164 Å². The van der Waals surface area contributed by atoms with Crippen LogP contribution in [-0.4, -0.2) is 84.2 Å². The van der Waals surface area contributed by atoms with Crippen LogP contribution >= 0.6 is 0 Å². The van der Waals surface area contributed by atoms with Crippen molar-refractivity contribution in [3.63, 3.8) is 0 Å². The Morgan fingerprint density at radius 1 is 1.00 bits per heavy atom. The van der Waals surface area contributed by atoms with E-state index in [2.05, 4.69) is 5.32 Å². The van der Waals surface area contributed by atoms with Crippen LogP contribution in [0.2, 0.25) is 0 Å². The van der Waals surface area contributed by atoms with E-state index < -0.39 is 71.9 Å². The SMILES string of the molecule is COC(=O)[C@@]1(C2(O)CCCCC2)C=C[C@@H](NC(C)=O)[C@H]([C@H](OC(C)=O)[C@@H](COC(C)=O)OC(C)=O)O1. The minimum atomic E-state index is -2.01. The van der Waals surface area contributed by atoms with Gasteiger partial charge >= 0.3 is 23.9 Å². The molecule has 2 aliphatic rings. The molecule has 1 saturated carbocycles. The summed E-state index contributed by atoms with van der Waals surface area (Å²) >= 11 is 0. The number of amides is 1. The number of methoxy groups -OCH3 is 1. The van der Waals surface area contributed by atoms with Gasteiger partial charge in [0.05, 0.1) is 13.2 Å². The van der Waals surface area contributed by atoms with Gasteiger partial charge in [0.15, 0.2) is 12.2 Å². The Kier molecular flexibility index (Phi) is 10.00. The summed E-state index contributed by atoms with van der Waals surface area (Å²) in [7, 11) is 1.15. The van der Waals surface area contributed by atoms with E-state index in [1.807, 2.05) is 0 Å². The summed E-state index contributed by atoms with van der Waals surface area (Å²) in [5, 5.41) is 14.3. The molecule has 12 nitrogen and oxygen atoms in total. The quantitative estimate of drug-likeness (QED) is 0.250. The largest absolute Gasteiger partial charge is 0.467 e. The Balaban J connectivity index is 2.64. The summed E-state index contributed by atoms with van der Waals surface area (Å²) in [5.41, 5.74) is -3.68. The van der Waals surface area contributed by atoms with E-state index in [0.717, 1.165) is 34.3 Å². The van der Waals surface area contributed by atoms with Crippen LogP contribution in [0.5, 0.6) is 0 Å². The molecule has 0 bridgehead atoms. The first kappa shape index (κ1) is 29.2. The van der Waals surface area contributed by atoms with Crippen molar-refractivity contribution in [2.24, 2.45) is 0 Å². The van der Waals surface area contributed by atoms with E-state index in [-0.39, 0.29) is 12.8 Å². The second-order valence-electron chi connectivity index (χ2n) is 9.01. The summed E-state index contributed by atoms with van der Waals surface area (Å²) in [4.78, 5) is 60.6. The van der Waals surface area contributed by atoms with Crippen LogP contribution in [0.25, 0.3) is 0 Å². The van der Waals surface area contributed by atoms with Gasteiger partial charge < -0.3 is 34.1 Å². The maximum atomic E-state index is 13.2. The van der Waals surface area contributed by atoms with Gasteiger partial charge in [-0.15, -0.1) is 0 Å². The van der Waals surface area contributed by atoms with Crippen LogP contribution in [0.4, 0.5) is 0 Å². The van der Waals surface area contributed by atoms with Crippen molar-refractivity contribution in [1.82, 2.24) is 5.32 Å². The summed E-state index contributed by atoms with van der Waals surface area (Å²) in [6.45, 7) is 4.12. The van der Waals surface area contributed by atoms with Crippen LogP contribution < -0.4 is 5.32 Å². The lowest BCUT2D eigenvalue weighted by molar-refractivity contribution is -0.242. The number of ether oxygens (including phenoxy) is 5. The fourth-order valence-corrected chi connectivity index (χ4v) is 4.70. The van der Waals surface area contributed by atoms with Gasteiger partial charge in [-0.25, -0.2) is 4.79 Å². The number of hydrogen-bond donors (Lipinski definition) is 2. The second-order valence-corrected chi connectivity index (χ2v) is 9.01. The van der Waals surface area contributed by atoms with E-state index >= 15 is 0 Å². The zero-order valence-electron chi connectivity index (χ0n) is 21.2. The highest BCUT2D eigenvalue weighted by Crippen LogP contribution is 2.44. The van der Waals surface area contributed by atoms with Crippen molar-refractivity contribution in [3.8, 4) is 0 Å². The van der Waals surface area contributed by atoms with Crippen LogP contribution in [0.3, 0.4) is 0 Å². The number of nitrogens with one attached hydrogen (secondary N) is 1. The number of rotatable bonds is 9. The maximum absolute atomic E-state index is 13.2. The number of esters is 4. The fourth-order valence-electron chi connectivity index (χ4n) is 4.70. The van der Waals surface area contributed by atoms with Gasteiger partial charge in [0, 0.05) is 27.7 Å². The molecular formula is C24H35NO11. The molecule has 1 aliphatic heterocycles. The smallest absolute Gasteiger partial charge is 0.345 e. The molecule has 0 unspecified atom stereocenters. The van der Waals surface area contributed by atoms with Crippen molar-refractivity contribution in [2.75, 3.05) is 13.7 Å². The van der Waals surface area contributed by atoms with E-state index in [1.165, 1.54) is 19.1 Å². The average Bonchev–Trinajstić information content (AvgIpc) is 2.79. The minimum absolute atomic E-state index is 0.225. The van der Waals surface area contributed by atoms with Crippen LogP contribution in [0, 0.1) is 0 Å². The van der Waals surface area contributed by atoms with E-state index in [4.69, 9.17) is 23.7 Å². The van der Waals surface area contributed by atoms with Gasteiger partial charge in [-0.05, 0) is 18.9 Å². The van der Waals surface area contributed by atoms with E-state index in [1.54, 1.807) is 0 Å². The highest BCUT2D eigenvalue weighted by molar-refractivity contribution is 5.84. The minimum Gasteiger partial charge on any atom is -0.467 e. The van der Waals surface area contributed by atoms with Gasteiger partial charge in [0.2, 0.25) is 11.5 Å². The monoisotopic (exact) mass is 513 g/mol. The molecule has 0 aromatic carbocycles. The predicted molar refractivity (Wildman–Crippen MR) is 122 cm³/mol. The van der Waals surface area contributed by atoms with E-state index in [9.17, 15) is 29.1 Å². The molecule has 1 aliphatic carbocycles. The van der Waals surface area contributed by atoms with Gasteiger partial charge in [-0.3, -0.25) is 19.2 Å². The molecule has 36 heavy (non-hydrogen) atoms. The molecule has 0 radical (unpaired) electrons. The van der Waals surface area contributed by atoms with Gasteiger partial charge in [0.1, 0.15) is 18.3 Å². The second kappa shape index (κ2) is 12.3. The highest BCUT2D eigenvalue weighted by atomic mass is 16.6. The van der Waals surface area contributed by atoms with Crippen LogP contribution in [0.1, 0.15) is 59.8 Å². The first-order chi connectivity index (χ1) is 16.8. The van der Waals surface area contributed by atoms with Gasteiger partial charge in [0.25, 0.3) is 0 Å². The van der Waals surface area contributed by atoms with Crippen molar-refractivity contribution >= 4 is 29.8 Å². The first-order valence-electron chi connectivity index (χ1n) is 11.8. The molecule has 0 aromatic rings. The van der Waals surface area contributed by atoms with Crippen LogP contribution in [-0.2, 0) is 47.7 Å². The zero-order chi connectivity index (χ0) is 27.1. The number of hydrogen-bond acceptors (Lipinski definition) is 11. The molecule has 12 heteroatoms. The van der Waals surface area contributed by atoms with Crippen molar-refractivity contribution in [2.45, 2.75) is 95.4 Å². The highest BCUT2D eigenvalue weighted by Gasteiger charge is 2.61. The number of carbonyl (C=O) groups excluding carboxylic acids is 5. The standard InChI is InChI=1S/C24H35NO11/c1-14(26)25-18-9-12-24(22(30)32-5,23(31)10-7-6-8-11-23)36-20(18)21(35-17(4)29)19(34-16(3)28)13-33-15(2)27/h9,12,18-21,31H,6-8,10-11,13H2,1-5H3,(H,25,26)/t18-,19-,20-,21-,24-/m1/s1. The average molecular weight is 514 g/mol. The Bertz CT molecular complexity index is 879. The normalized spacial score (nSPS) is 26.6. The summed E-state index contributed by atoms with van der Waals surface area (Å²) in [6.07, 6.45) is 1.19. The summed E-state index contributed by atoms with van der Waals surface area (Å²) < 4.78 is 27.1. The number of carbonyl (C=O) groups is 5. The third kappa shape index (κ3) is 6.82. The molecule has 1 heterocycles. The molecule has 1 amide bonds. The fraction of sp³-hybridized carbons (Fsp3) is 0.708. The molecule has 2 rings (SSSR count). The molecule has 5 atom stereocenters. The lowest BCUT2D eigenvalue weighted by atomic mass is 9.70. The van der Waals surface area contributed by atoms with Crippen molar-refractivity contribution < 1.29 is 52.8 Å². The lowest BCUT2D eigenvalue weighted by Crippen LogP contribution is -2.68. The molecular weight excluding hydrogens is 478 g/mol. The Morgan fingerprint density at radius 2 is 1.61 bits per heavy atom. The number of aliphatic hydroxyl groups is 1. The molecule has 2 N–H and O–H groups in total. The van der Waals surface area contributed by atoms with Gasteiger partial charge in [-0.1, -0.05) is 25.3 Å². The summed E-state index contributed by atoms with van der Waals surface area (Å²) in [5.74, 6) is -3.60. The summed E-state index contributed by atoms with van der Waals surface area (Å²) in [6, 6.07) is -0.979. The van der Waals surface area contributed by atoms with Crippen molar-refractivity contribution in [3.05, 3.63) is 12.2 Å². The lowest BCUT2D eigenvalue weighted by Gasteiger charge is -2.50. The van der Waals surface area contributed by atoms with Crippen LogP contribution in [0.15, 0.2) is 12.2 Å². The predicted octanol–water partition coefficient (Wildman–Crippen LogP) is 0.480. The zero-order valence-corrected chi connectivity index (χ0v) is 21.2. The van der Waals surface area contributed by atoms with E-state index in [0.29, 0.717) is 12.8 Å². The third-order valence-corrected chi connectivity index (χ3v) is 6.21. The molecule has 1 fully saturated rings. The molecule has 202 valence electrons. The Labute approximate surface area is 209 Å². The Hall–Kier alpha value is -2.99. The third-order valence-electron chi connectivity index (χ3n) is 6.21. The molecule has 0 spiro atoms. The van der Waals surface area contributed by atoms with Crippen molar-refractivity contribution in [1.29, 1.82) is 0 Å². The Morgan fingerprint density at radius 3 is 2.11 bits per heavy atom.